The van der Waals surface area contributed by atoms with Crippen LogP contribution in [0.4, 0.5) is 0 Å². The molecule has 3 atom stereocenters. The van der Waals surface area contributed by atoms with E-state index in [0.717, 1.165) is 0 Å². The zero-order chi connectivity index (χ0) is 20.8. The van der Waals surface area contributed by atoms with Crippen LogP contribution in [0, 0.1) is 5.92 Å². The molecule has 1 rings (SSSR count). The van der Waals surface area contributed by atoms with Crippen molar-refractivity contribution in [2.24, 2.45) is 5.92 Å². The summed E-state index contributed by atoms with van der Waals surface area (Å²) in [6.45, 7) is 14.4. The van der Waals surface area contributed by atoms with Gasteiger partial charge >= 0.3 is 5.97 Å². The van der Waals surface area contributed by atoms with Gasteiger partial charge in [-0.25, -0.2) is 4.79 Å². The number of rotatable bonds is 9. The van der Waals surface area contributed by atoms with Gasteiger partial charge in [-0.2, -0.15) is 0 Å². The molecule has 152 valence electrons. The van der Waals surface area contributed by atoms with Gasteiger partial charge in [-0.3, -0.25) is 4.79 Å². The number of carbonyl (C=O) groups excluding carboxylic acids is 2. The van der Waals surface area contributed by atoms with E-state index in [9.17, 15) is 14.7 Å². The number of aliphatic hydroxyl groups is 1. The predicted octanol–water partition coefficient (Wildman–Crippen LogP) is 4.21. The molecule has 5 nitrogen and oxygen atoms in total. The van der Waals surface area contributed by atoms with Crippen LogP contribution in [0.25, 0.3) is 0 Å². The summed E-state index contributed by atoms with van der Waals surface area (Å²) >= 11 is 0. The summed E-state index contributed by atoms with van der Waals surface area (Å²) in [5, 5.41) is 10.5. The Morgan fingerprint density at radius 3 is 2.19 bits per heavy atom. The minimum atomic E-state index is -1.88. The van der Waals surface area contributed by atoms with E-state index in [1.807, 2.05) is 0 Å². The summed E-state index contributed by atoms with van der Waals surface area (Å²) in [5.41, 5.74) is 0.396. The highest BCUT2D eigenvalue weighted by atomic mass is 28.4. The summed E-state index contributed by atoms with van der Waals surface area (Å²) in [7, 11) is -1.88. The second-order valence-corrected chi connectivity index (χ2v) is 13.4. The second-order valence-electron chi connectivity index (χ2n) is 8.57. The van der Waals surface area contributed by atoms with Gasteiger partial charge in [-0.1, -0.05) is 45.9 Å². The maximum Gasteiger partial charge on any atom is 0.338 e. The number of ketones is 1. The Morgan fingerprint density at radius 2 is 1.67 bits per heavy atom. The number of ether oxygens (including phenoxy) is 1. The van der Waals surface area contributed by atoms with Crippen molar-refractivity contribution in [2.75, 3.05) is 6.61 Å². The van der Waals surface area contributed by atoms with E-state index in [1.54, 1.807) is 44.2 Å². The topological polar surface area (TPSA) is 72.8 Å². The summed E-state index contributed by atoms with van der Waals surface area (Å²) < 4.78 is 11.3. The van der Waals surface area contributed by atoms with Gasteiger partial charge in [0.15, 0.2) is 20.2 Å². The van der Waals surface area contributed by atoms with Gasteiger partial charge in [0.2, 0.25) is 0 Å². The molecule has 0 spiro atoms. The van der Waals surface area contributed by atoms with Crippen LogP contribution in [0.15, 0.2) is 30.3 Å². The Hall–Kier alpha value is -1.50. The van der Waals surface area contributed by atoms with Crippen LogP contribution in [-0.4, -0.2) is 44.0 Å². The smallest absolute Gasteiger partial charge is 0.338 e. The largest absolute Gasteiger partial charge is 0.451 e. The van der Waals surface area contributed by atoms with Crippen LogP contribution in [0.3, 0.4) is 0 Å². The number of hydrogen-bond donors (Lipinski definition) is 1. The molecule has 0 aliphatic rings. The summed E-state index contributed by atoms with van der Waals surface area (Å²) in [6.07, 6.45) is -1.37. The van der Waals surface area contributed by atoms with Gasteiger partial charge in [0.25, 0.3) is 0 Å². The molecular formula is C21H34O5Si. The molecule has 27 heavy (non-hydrogen) atoms. The van der Waals surface area contributed by atoms with Crippen molar-refractivity contribution >= 4 is 20.1 Å². The Kier molecular flexibility index (Phi) is 8.39. The van der Waals surface area contributed by atoms with E-state index >= 15 is 0 Å². The lowest BCUT2D eigenvalue weighted by molar-refractivity contribution is -0.134. The third-order valence-corrected chi connectivity index (χ3v) is 9.94. The predicted molar refractivity (Wildman–Crippen MR) is 109 cm³/mol. The molecule has 0 radical (unpaired) electrons. The molecular weight excluding hydrogens is 360 g/mol. The summed E-state index contributed by atoms with van der Waals surface area (Å²) in [6, 6.07) is 8.54. The molecule has 0 unspecified atom stereocenters. The number of hydrogen-bond acceptors (Lipinski definition) is 5. The van der Waals surface area contributed by atoms with Crippen molar-refractivity contribution in [3.63, 3.8) is 0 Å². The van der Waals surface area contributed by atoms with Crippen LogP contribution in [0.1, 0.15) is 51.4 Å². The zero-order valence-electron chi connectivity index (χ0n) is 17.6. The van der Waals surface area contributed by atoms with Gasteiger partial charge in [0.1, 0.15) is 0 Å². The van der Waals surface area contributed by atoms with Gasteiger partial charge in [0.05, 0.1) is 11.7 Å². The normalized spacial score (nSPS) is 15.7. The van der Waals surface area contributed by atoms with Crippen molar-refractivity contribution in [2.45, 2.75) is 71.4 Å². The highest BCUT2D eigenvalue weighted by Gasteiger charge is 2.37. The fourth-order valence-corrected chi connectivity index (χ4v) is 3.38. The average Bonchev–Trinajstić information content (AvgIpc) is 2.59. The van der Waals surface area contributed by atoms with Crippen LogP contribution in [0.5, 0.6) is 0 Å². The number of carbonyl (C=O) groups is 2. The SMILES string of the molecule is C[C@H](OC(=O)c1ccccc1)C(=O)[C@H](C)[C@H](O)CCO[Si](C)(C)C(C)(C)C. The molecule has 0 aromatic heterocycles. The van der Waals surface area contributed by atoms with Gasteiger partial charge in [0, 0.05) is 12.5 Å². The van der Waals surface area contributed by atoms with E-state index in [2.05, 4.69) is 33.9 Å². The van der Waals surface area contributed by atoms with Crippen LogP contribution >= 0.6 is 0 Å². The molecule has 0 fully saturated rings. The molecule has 0 amide bonds. The van der Waals surface area contributed by atoms with Crippen molar-refractivity contribution in [1.29, 1.82) is 0 Å². The molecule has 1 N–H and O–H groups in total. The highest BCUT2D eigenvalue weighted by molar-refractivity contribution is 6.74. The first-order chi connectivity index (χ1) is 12.4. The van der Waals surface area contributed by atoms with Gasteiger partial charge < -0.3 is 14.3 Å². The van der Waals surface area contributed by atoms with E-state index in [0.29, 0.717) is 18.6 Å². The van der Waals surface area contributed by atoms with Crippen molar-refractivity contribution in [3.8, 4) is 0 Å². The second kappa shape index (κ2) is 9.62. The van der Waals surface area contributed by atoms with Crippen molar-refractivity contribution in [3.05, 3.63) is 35.9 Å². The van der Waals surface area contributed by atoms with E-state index in [4.69, 9.17) is 9.16 Å². The lowest BCUT2D eigenvalue weighted by Gasteiger charge is -2.36. The van der Waals surface area contributed by atoms with Gasteiger partial charge in [-0.15, -0.1) is 0 Å². The molecule has 1 aromatic rings. The monoisotopic (exact) mass is 394 g/mol. The molecule has 6 heteroatoms. The lowest BCUT2D eigenvalue weighted by Crippen LogP contribution is -2.42. The van der Waals surface area contributed by atoms with E-state index < -0.39 is 32.4 Å². The minimum absolute atomic E-state index is 0.0968. The average molecular weight is 395 g/mol. The van der Waals surface area contributed by atoms with E-state index in [-0.39, 0.29) is 10.8 Å². The molecule has 0 aliphatic carbocycles. The molecule has 0 heterocycles. The van der Waals surface area contributed by atoms with Gasteiger partial charge in [-0.05, 0) is 43.6 Å². The number of benzene rings is 1. The third-order valence-electron chi connectivity index (χ3n) is 5.40. The molecule has 0 saturated carbocycles. The third kappa shape index (κ3) is 6.87. The van der Waals surface area contributed by atoms with Crippen LogP contribution < -0.4 is 0 Å². The number of aliphatic hydroxyl groups excluding tert-OH is 1. The molecule has 1 aromatic carbocycles. The first-order valence-corrected chi connectivity index (χ1v) is 12.4. The fourth-order valence-electron chi connectivity index (χ4n) is 2.32. The maximum absolute atomic E-state index is 12.5. The maximum atomic E-state index is 12.5. The standard InChI is InChI=1S/C21H34O5Si/c1-15(18(22)13-14-25-27(6,7)21(3,4)5)19(23)16(2)26-20(24)17-11-9-8-10-12-17/h8-12,15-16,18,22H,13-14H2,1-7H3/t15-,16+,18-/m1/s1. The summed E-state index contributed by atoms with van der Waals surface area (Å²) in [5.74, 6) is -1.47. The Morgan fingerprint density at radius 1 is 1.11 bits per heavy atom. The first-order valence-electron chi connectivity index (χ1n) is 9.48. The Labute approximate surface area is 164 Å². The Balaban J connectivity index is 2.53. The fraction of sp³-hybridized carbons (Fsp3) is 0.619. The lowest BCUT2D eigenvalue weighted by atomic mass is 9.94. The number of esters is 1. The zero-order valence-corrected chi connectivity index (χ0v) is 18.6. The molecule has 0 saturated heterocycles. The van der Waals surface area contributed by atoms with Crippen LogP contribution in [0.2, 0.25) is 18.1 Å². The molecule has 0 aliphatic heterocycles. The van der Waals surface area contributed by atoms with Crippen molar-refractivity contribution in [1.82, 2.24) is 0 Å². The van der Waals surface area contributed by atoms with Crippen molar-refractivity contribution < 1.29 is 23.9 Å². The summed E-state index contributed by atoms with van der Waals surface area (Å²) in [4.78, 5) is 24.6. The number of Topliss-reactive ketones (excluding diaryl/α,β-unsaturated/α-hetero) is 1. The van der Waals surface area contributed by atoms with Crippen LogP contribution in [-0.2, 0) is 14.0 Å². The Bertz CT molecular complexity index is 621. The van der Waals surface area contributed by atoms with E-state index in [1.165, 1.54) is 0 Å². The first kappa shape index (κ1) is 23.5. The molecule has 0 bridgehead atoms. The minimum Gasteiger partial charge on any atom is -0.451 e. The quantitative estimate of drug-likeness (QED) is 0.502. The highest BCUT2D eigenvalue weighted by Crippen LogP contribution is 2.36.